The Balaban J connectivity index is 7.22. The number of carbonyl (C=O) groups is 1. The van der Waals surface area contributed by atoms with Crippen LogP contribution in [-0.4, -0.2) is 47.7 Å². The van der Waals surface area contributed by atoms with E-state index in [-0.39, 0.29) is 0 Å². The smallest absolute Gasteiger partial charge is 0.437 e. The van der Waals surface area contributed by atoms with Crippen LogP contribution in [0, 0.1) is 0 Å². The van der Waals surface area contributed by atoms with Gasteiger partial charge in [0, 0.05) is 0 Å². The van der Waals surface area contributed by atoms with E-state index in [2.05, 4.69) is 0 Å². The number of hydrogen-bond donors (Lipinski definition) is 0. The van der Waals surface area contributed by atoms with Crippen molar-refractivity contribution in [3.05, 3.63) is 0 Å². The minimum absolute atomic E-state index is 4.78. The molecule has 2 nitrogen and oxygen atoms in total. The Labute approximate surface area is 125 Å². The van der Waals surface area contributed by atoms with Gasteiger partial charge in [-0.2, -0.15) is 57.1 Å². The molecule has 0 aliphatic carbocycles. The number of carboxylic acids is 1. The maximum atomic E-state index is 13.4. The lowest BCUT2D eigenvalue weighted by atomic mass is 9.78. The van der Waals surface area contributed by atoms with Crippen LogP contribution in [0.3, 0.4) is 0 Å². The summed E-state index contributed by atoms with van der Waals surface area (Å²) in [5.41, 5.74) is -17.0. The molecular weight excluding hydrogens is 413 g/mol. The summed E-state index contributed by atoms with van der Waals surface area (Å²) in [6, 6.07) is 0. The molecule has 0 radical (unpaired) electrons. The molecule has 150 valence electrons. The van der Waals surface area contributed by atoms with Crippen molar-refractivity contribution in [3.63, 3.8) is 0 Å². The summed E-state index contributed by atoms with van der Waals surface area (Å²) in [5.74, 6) is -21.3. The SMILES string of the molecule is O=C([O-])C(F)(F)C(F)(C(F)(F)F)C(F)(F)C(F)(C(F)(F)F)C(F)(F)F. The zero-order valence-electron chi connectivity index (χ0n) is 10.5. The number of hydrogen-bond acceptors (Lipinski definition) is 2. The van der Waals surface area contributed by atoms with Crippen LogP contribution in [0.25, 0.3) is 0 Å². The Bertz CT molecular complexity index is 511. The van der Waals surface area contributed by atoms with Gasteiger partial charge in [0.1, 0.15) is 5.97 Å². The Morgan fingerprint density at radius 1 is 0.520 bits per heavy atom. The number of carbonyl (C=O) groups excluding carboxylic acids is 1. The van der Waals surface area contributed by atoms with Gasteiger partial charge < -0.3 is 9.90 Å². The molecule has 0 saturated heterocycles. The van der Waals surface area contributed by atoms with Crippen LogP contribution in [0.2, 0.25) is 0 Å². The van der Waals surface area contributed by atoms with E-state index in [0.717, 1.165) is 0 Å². The third-order valence-corrected chi connectivity index (χ3v) is 2.73. The zero-order valence-corrected chi connectivity index (χ0v) is 10.5. The molecule has 17 heteroatoms. The Hall–Kier alpha value is -1.58. The molecule has 0 fully saturated rings. The molecule has 0 amide bonds. The molecule has 1 atom stereocenters. The molecule has 0 aromatic carbocycles. The van der Waals surface area contributed by atoms with E-state index in [9.17, 15) is 75.8 Å². The lowest BCUT2D eigenvalue weighted by Crippen LogP contribution is -2.80. The highest BCUT2D eigenvalue weighted by atomic mass is 19.4. The van der Waals surface area contributed by atoms with Crippen LogP contribution in [0.15, 0.2) is 0 Å². The number of aliphatic carboxylic acids is 1. The van der Waals surface area contributed by atoms with Crippen molar-refractivity contribution in [2.24, 2.45) is 0 Å². The van der Waals surface area contributed by atoms with E-state index in [1.807, 2.05) is 0 Å². The van der Waals surface area contributed by atoms with Gasteiger partial charge in [-0.3, -0.25) is 0 Å². The Kier molecular flexibility index (Phi) is 5.11. The van der Waals surface area contributed by atoms with Crippen LogP contribution < -0.4 is 5.11 Å². The van der Waals surface area contributed by atoms with Gasteiger partial charge in [0.05, 0.1) is 0 Å². The molecular formula is C8F15O2-. The van der Waals surface area contributed by atoms with Crippen LogP contribution in [-0.2, 0) is 4.79 Å². The number of rotatable bonds is 4. The molecule has 0 spiro atoms. The molecule has 0 bridgehead atoms. The second-order valence-electron chi connectivity index (χ2n) is 4.25. The first-order chi connectivity index (χ1) is 10.4. The van der Waals surface area contributed by atoms with Gasteiger partial charge >= 0.3 is 41.7 Å². The molecule has 0 aromatic rings. The van der Waals surface area contributed by atoms with Gasteiger partial charge in [-0.15, -0.1) is 0 Å². The highest BCUT2D eigenvalue weighted by Crippen LogP contribution is 2.64. The van der Waals surface area contributed by atoms with Crippen LogP contribution in [0.1, 0.15) is 0 Å². The van der Waals surface area contributed by atoms with E-state index in [1.54, 1.807) is 0 Å². The number of carboxylic acid groups (broad SMARTS) is 1. The van der Waals surface area contributed by atoms with Crippen molar-refractivity contribution in [2.75, 3.05) is 0 Å². The fraction of sp³-hybridized carbons (Fsp3) is 0.875. The summed E-state index contributed by atoms with van der Waals surface area (Å²) in [6.45, 7) is 0. The summed E-state index contributed by atoms with van der Waals surface area (Å²) < 4.78 is 188. The standard InChI is InChI=1S/C8HF15O2/c9-2(10,1(24)25)3(11,6(15,16)17)5(13,14)4(12,7(18,19)20)8(21,22)23/h(H,24,25)/p-1. The minimum atomic E-state index is -8.75. The normalized spacial score (nSPS) is 18.0. The Morgan fingerprint density at radius 2 is 0.760 bits per heavy atom. The summed E-state index contributed by atoms with van der Waals surface area (Å²) in [5, 5.41) is 9.77. The molecule has 0 rings (SSSR count). The summed E-state index contributed by atoms with van der Waals surface area (Å²) in [6.07, 6.45) is -24.4. The molecule has 0 N–H and O–H groups in total. The maximum absolute atomic E-state index is 13.4. The third-order valence-electron chi connectivity index (χ3n) is 2.73. The van der Waals surface area contributed by atoms with E-state index in [4.69, 9.17) is 0 Å². The zero-order chi connectivity index (χ0) is 21.1. The first-order valence-corrected chi connectivity index (χ1v) is 4.99. The van der Waals surface area contributed by atoms with Gasteiger partial charge in [-0.05, 0) is 0 Å². The van der Waals surface area contributed by atoms with Crippen molar-refractivity contribution in [1.82, 2.24) is 0 Å². The fourth-order valence-electron chi connectivity index (χ4n) is 1.45. The molecule has 0 aromatic heterocycles. The second kappa shape index (κ2) is 5.46. The largest absolute Gasteiger partial charge is 0.544 e. The maximum Gasteiger partial charge on any atom is 0.437 e. The fourth-order valence-corrected chi connectivity index (χ4v) is 1.45. The molecule has 0 aliphatic heterocycles. The number of alkyl halides is 15. The van der Waals surface area contributed by atoms with Gasteiger partial charge in [0.15, 0.2) is 0 Å². The highest BCUT2D eigenvalue weighted by Gasteiger charge is 2.97. The second-order valence-corrected chi connectivity index (χ2v) is 4.25. The summed E-state index contributed by atoms with van der Waals surface area (Å²) in [7, 11) is 0. The van der Waals surface area contributed by atoms with Gasteiger partial charge in [-0.25, -0.2) is 8.78 Å². The van der Waals surface area contributed by atoms with Crippen molar-refractivity contribution in [1.29, 1.82) is 0 Å². The molecule has 0 heterocycles. The first kappa shape index (κ1) is 23.4. The first-order valence-electron chi connectivity index (χ1n) is 4.99. The van der Waals surface area contributed by atoms with Crippen molar-refractivity contribution >= 4 is 5.97 Å². The molecule has 1 unspecified atom stereocenters. The van der Waals surface area contributed by atoms with Gasteiger partial charge in [0.2, 0.25) is 0 Å². The summed E-state index contributed by atoms with van der Waals surface area (Å²) >= 11 is 0. The third kappa shape index (κ3) is 2.74. The van der Waals surface area contributed by atoms with E-state index >= 15 is 0 Å². The lowest BCUT2D eigenvalue weighted by Gasteiger charge is -2.46. The predicted molar refractivity (Wildman–Crippen MR) is 40.7 cm³/mol. The van der Waals surface area contributed by atoms with Gasteiger partial charge in [0.25, 0.3) is 0 Å². The Morgan fingerprint density at radius 3 is 0.920 bits per heavy atom. The van der Waals surface area contributed by atoms with Crippen LogP contribution in [0.5, 0.6) is 0 Å². The van der Waals surface area contributed by atoms with E-state index < -0.39 is 47.7 Å². The lowest BCUT2D eigenvalue weighted by molar-refractivity contribution is -0.460. The minimum Gasteiger partial charge on any atom is -0.544 e. The average molecular weight is 413 g/mol. The van der Waals surface area contributed by atoms with Crippen molar-refractivity contribution in [2.45, 2.75) is 41.7 Å². The highest BCUT2D eigenvalue weighted by molar-refractivity contribution is 5.76. The quantitative estimate of drug-likeness (QED) is 0.665. The number of halogens is 15. The van der Waals surface area contributed by atoms with E-state index in [1.165, 1.54) is 0 Å². The van der Waals surface area contributed by atoms with Crippen LogP contribution >= 0.6 is 0 Å². The van der Waals surface area contributed by atoms with E-state index in [0.29, 0.717) is 0 Å². The average Bonchev–Trinajstić information content (AvgIpc) is 2.31. The van der Waals surface area contributed by atoms with Crippen LogP contribution in [0.4, 0.5) is 65.9 Å². The molecule has 25 heavy (non-hydrogen) atoms. The van der Waals surface area contributed by atoms with Gasteiger partial charge in [-0.1, -0.05) is 0 Å². The topological polar surface area (TPSA) is 40.1 Å². The van der Waals surface area contributed by atoms with Crippen molar-refractivity contribution in [3.8, 4) is 0 Å². The van der Waals surface area contributed by atoms with Crippen molar-refractivity contribution < 1.29 is 75.8 Å². The summed E-state index contributed by atoms with van der Waals surface area (Å²) in [4.78, 5) is 9.77. The monoisotopic (exact) mass is 413 g/mol. The molecule has 0 saturated carbocycles. The molecule has 0 aliphatic rings. The predicted octanol–water partition coefficient (Wildman–Crippen LogP) is 3.11.